The summed E-state index contributed by atoms with van der Waals surface area (Å²) < 4.78 is 15.6. The van der Waals surface area contributed by atoms with Crippen molar-refractivity contribution in [2.45, 2.75) is 19.3 Å². The van der Waals surface area contributed by atoms with Gasteiger partial charge in [-0.3, -0.25) is 4.90 Å². The van der Waals surface area contributed by atoms with Crippen LogP contribution in [0.5, 0.6) is 0 Å². The van der Waals surface area contributed by atoms with E-state index in [1.165, 1.54) is 33.7 Å². The highest BCUT2D eigenvalue weighted by Gasteiger charge is 2.38. The number of halogens is 1. The first-order valence-electron chi connectivity index (χ1n) is 17.8. The number of aromatic nitrogens is 1. The lowest BCUT2D eigenvalue weighted by Crippen LogP contribution is -2.16. The Balaban J connectivity index is 1.26. The van der Waals surface area contributed by atoms with Gasteiger partial charge in [0.05, 0.1) is 17.1 Å². The van der Waals surface area contributed by atoms with Crippen LogP contribution in [0.1, 0.15) is 25.0 Å². The van der Waals surface area contributed by atoms with Crippen LogP contribution in [0.2, 0.25) is 0 Å². The molecule has 0 unspecified atom stereocenters. The van der Waals surface area contributed by atoms with Crippen molar-refractivity contribution < 1.29 is 4.39 Å². The summed E-state index contributed by atoms with van der Waals surface area (Å²) in [5.74, 6) is -0.112. The van der Waals surface area contributed by atoms with Crippen LogP contribution in [0.3, 0.4) is 0 Å². The van der Waals surface area contributed by atoms with Crippen LogP contribution >= 0.6 is 0 Å². The largest absolute Gasteiger partial charge is 0.309 e. The molecular weight excluding hydrogens is 638 g/mol. The molecule has 8 aromatic carbocycles. The van der Waals surface area contributed by atoms with Crippen LogP contribution < -0.4 is 9.80 Å². The van der Waals surface area contributed by atoms with Gasteiger partial charge in [-0.2, -0.15) is 0 Å². The third-order valence-corrected chi connectivity index (χ3v) is 10.9. The Hall–Kier alpha value is -6.52. The fraction of sp³-hybridized carbons (Fsp3) is 0.0625. The van der Waals surface area contributed by atoms with Gasteiger partial charge in [-0.1, -0.05) is 123 Å². The Morgan fingerprint density at radius 1 is 0.481 bits per heavy atom. The molecule has 0 spiro atoms. The highest BCUT2D eigenvalue weighted by atomic mass is 19.1. The summed E-state index contributed by atoms with van der Waals surface area (Å²) in [6, 6.07) is 56.9. The molecule has 1 aliphatic carbocycles. The zero-order valence-electron chi connectivity index (χ0n) is 28.9. The first-order chi connectivity index (χ1) is 25.5. The molecule has 0 saturated carbocycles. The number of anilines is 6. The van der Waals surface area contributed by atoms with Crippen LogP contribution in [0.25, 0.3) is 43.4 Å². The van der Waals surface area contributed by atoms with Crippen LogP contribution in [0.4, 0.5) is 38.6 Å². The number of para-hydroxylation sites is 2. The maximum atomic E-state index is 15.6. The van der Waals surface area contributed by atoms with Crippen molar-refractivity contribution in [1.82, 2.24) is 4.98 Å². The summed E-state index contributed by atoms with van der Waals surface area (Å²) in [5, 5.41) is 6.79. The molecule has 10 rings (SSSR count). The van der Waals surface area contributed by atoms with Gasteiger partial charge in [-0.05, 0) is 92.8 Å². The molecule has 1 aliphatic rings. The van der Waals surface area contributed by atoms with Crippen molar-refractivity contribution in [3.8, 4) is 11.1 Å². The maximum absolute atomic E-state index is 15.6. The van der Waals surface area contributed by atoms with E-state index in [4.69, 9.17) is 0 Å². The lowest BCUT2D eigenvalue weighted by atomic mass is 9.82. The normalized spacial score (nSPS) is 13.1. The standard InChI is InChI=1S/C48H34FN3/c1-48(2)38-18-10-9-17-35(38)46-39(48)19-11-21-43(46)51(33-13-5-3-6-14-33)41-28-24-31-23-27-37-42(29-25-32-22-26-36(41)44(31)45(32)37)52(34-15-7-4-8-16-34)47-40(49)20-12-30-50-47/h3-30H,1-2H3. The molecule has 0 radical (unpaired) electrons. The van der Waals surface area contributed by atoms with E-state index >= 15 is 4.39 Å². The molecule has 0 aliphatic heterocycles. The molecular formula is C48H34FN3. The first-order valence-corrected chi connectivity index (χ1v) is 17.8. The van der Waals surface area contributed by atoms with E-state index in [2.05, 4.69) is 145 Å². The minimum Gasteiger partial charge on any atom is -0.309 e. The van der Waals surface area contributed by atoms with Crippen molar-refractivity contribution in [2.75, 3.05) is 9.80 Å². The lowest BCUT2D eigenvalue weighted by molar-refractivity contribution is 0.623. The molecule has 0 bridgehead atoms. The van der Waals surface area contributed by atoms with E-state index in [1.807, 2.05) is 35.2 Å². The number of fused-ring (bicyclic) bond motifs is 3. The molecule has 4 heteroatoms. The van der Waals surface area contributed by atoms with E-state index < -0.39 is 0 Å². The average molecular weight is 672 g/mol. The smallest absolute Gasteiger partial charge is 0.174 e. The van der Waals surface area contributed by atoms with E-state index in [-0.39, 0.29) is 17.1 Å². The Morgan fingerprint density at radius 3 is 1.69 bits per heavy atom. The second-order valence-electron chi connectivity index (χ2n) is 14.1. The van der Waals surface area contributed by atoms with Crippen LogP contribution in [0, 0.1) is 5.82 Å². The summed E-state index contributed by atoms with van der Waals surface area (Å²) in [6.45, 7) is 4.66. The summed E-state index contributed by atoms with van der Waals surface area (Å²) in [6.07, 6.45) is 1.65. The minimum absolute atomic E-state index is 0.124. The predicted octanol–water partition coefficient (Wildman–Crippen LogP) is 13.4. The van der Waals surface area contributed by atoms with Gasteiger partial charge in [0.2, 0.25) is 0 Å². The van der Waals surface area contributed by atoms with E-state index in [9.17, 15) is 0 Å². The minimum atomic E-state index is -0.377. The number of rotatable bonds is 6. The van der Waals surface area contributed by atoms with Crippen LogP contribution in [-0.2, 0) is 5.41 Å². The zero-order chi connectivity index (χ0) is 35.0. The van der Waals surface area contributed by atoms with Crippen molar-refractivity contribution >= 4 is 66.6 Å². The second kappa shape index (κ2) is 11.5. The van der Waals surface area contributed by atoms with E-state index in [0.29, 0.717) is 0 Å². The quantitative estimate of drug-likeness (QED) is 0.164. The summed E-state index contributed by atoms with van der Waals surface area (Å²) in [5.41, 5.74) is 10.2. The SMILES string of the molecule is CC1(C)c2ccccc2-c2c(N(c3ccccc3)c3ccc4ccc5c(N(c6ccccc6)c6ncccc6F)ccc6ccc3c4c65)cccc21. The van der Waals surface area contributed by atoms with Gasteiger partial charge in [0, 0.05) is 39.3 Å². The van der Waals surface area contributed by atoms with E-state index in [1.54, 1.807) is 12.3 Å². The molecule has 3 nitrogen and oxygen atoms in total. The van der Waals surface area contributed by atoms with Crippen molar-refractivity contribution in [3.05, 3.63) is 187 Å². The predicted molar refractivity (Wildman–Crippen MR) is 215 cm³/mol. The third kappa shape index (κ3) is 4.40. The fourth-order valence-electron chi connectivity index (χ4n) is 8.56. The molecule has 0 saturated heterocycles. The highest BCUT2D eigenvalue weighted by molar-refractivity contribution is 6.28. The number of hydrogen-bond donors (Lipinski definition) is 0. The molecule has 1 aromatic heterocycles. The third-order valence-electron chi connectivity index (χ3n) is 10.9. The van der Waals surface area contributed by atoms with Crippen molar-refractivity contribution in [1.29, 1.82) is 0 Å². The van der Waals surface area contributed by atoms with Crippen molar-refractivity contribution in [3.63, 3.8) is 0 Å². The number of benzene rings is 8. The van der Waals surface area contributed by atoms with E-state index in [0.717, 1.165) is 55.4 Å². The zero-order valence-corrected chi connectivity index (χ0v) is 28.9. The Labute approximate surface area is 302 Å². The summed E-state index contributed by atoms with van der Waals surface area (Å²) in [4.78, 5) is 8.91. The summed E-state index contributed by atoms with van der Waals surface area (Å²) in [7, 11) is 0. The Kier molecular flexibility index (Phi) is 6.71. The Bertz CT molecular complexity index is 2790. The number of pyridine rings is 1. The van der Waals surface area contributed by atoms with Gasteiger partial charge in [0.1, 0.15) is 0 Å². The monoisotopic (exact) mass is 671 g/mol. The Morgan fingerprint density at radius 2 is 1.04 bits per heavy atom. The van der Waals surface area contributed by atoms with Gasteiger partial charge in [-0.25, -0.2) is 9.37 Å². The van der Waals surface area contributed by atoms with Gasteiger partial charge in [-0.15, -0.1) is 0 Å². The van der Waals surface area contributed by atoms with Gasteiger partial charge in [0.25, 0.3) is 0 Å². The van der Waals surface area contributed by atoms with Gasteiger partial charge in [0.15, 0.2) is 11.6 Å². The van der Waals surface area contributed by atoms with Gasteiger partial charge < -0.3 is 4.90 Å². The first kappa shape index (κ1) is 30.3. The molecule has 52 heavy (non-hydrogen) atoms. The van der Waals surface area contributed by atoms with Crippen LogP contribution in [0.15, 0.2) is 170 Å². The molecule has 0 N–H and O–H groups in total. The molecule has 0 amide bonds. The molecule has 0 fully saturated rings. The summed E-state index contributed by atoms with van der Waals surface area (Å²) >= 11 is 0. The number of nitrogens with zero attached hydrogens (tertiary/aromatic N) is 3. The second-order valence-corrected chi connectivity index (χ2v) is 14.1. The van der Waals surface area contributed by atoms with Gasteiger partial charge >= 0.3 is 0 Å². The molecule has 9 aromatic rings. The highest BCUT2D eigenvalue weighted by Crippen LogP contribution is 2.55. The number of hydrogen-bond acceptors (Lipinski definition) is 3. The maximum Gasteiger partial charge on any atom is 0.174 e. The lowest BCUT2D eigenvalue weighted by Gasteiger charge is -2.30. The fourth-order valence-corrected chi connectivity index (χ4v) is 8.56. The average Bonchev–Trinajstić information content (AvgIpc) is 3.43. The molecule has 248 valence electrons. The van der Waals surface area contributed by atoms with Crippen LogP contribution in [-0.4, -0.2) is 4.98 Å². The molecule has 0 atom stereocenters. The topological polar surface area (TPSA) is 19.4 Å². The van der Waals surface area contributed by atoms with Crippen molar-refractivity contribution in [2.24, 2.45) is 0 Å². The molecule has 1 heterocycles.